The molecule has 1 aliphatic carbocycles. The van der Waals surface area contributed by atoms with Gasteiger partial charge in [-0.3, -0.25) is 4.79 Å². The number of hydrogen-bond donors (Lipinski definition) is 1. The molecule has 1 aromatic carbocycles. The van der Waals surface area contributed by atoms with Crippen LogP contribution in [-0.4, -0.2) is 15.7 Å². The van der Waals surface area contributed by atoms with Crippen molar-refractivity contribution >= 4 is 11.6 Å². The zero-order chi connectivity index (χ0) is 18.0. The number of nitrogens with one attached hydrogen (secondary N) is 1. The molecule has 1 aromatic heterocycles. The number of hydrogen-bond acceptors (Lipinski definition) is 2. The van der Waals surface area contributed by atoms with Crippen molar-refractivity contribution in [2.24, 2.45) is 13.0 Å². The number of aryl methyl sites for hydroxylation is 2. The van der Waals surface area contributed by atoms with Crippen molar-refractivity contribution in [3.63, 3.8) is 0 Å². The van der Waals surface area contributed by atoms with E-state index in [4.69, 9.17) is 0 Å². The van der Waals surface area contributed by atoms with Gasteiger partial charge in [0.1, 0.15) is 5.56 Å². The average molecular weight is 343 g/mol. The van der Waals surface area contributed by atoms with E-state index in [1.165, 1.54) is 39.2 Å². The van der Waals surface area contributed by atoms with Gasteiger partial charge in [-0.2, -0.15) is 9.49 Å². The highest BCUT2D eigenvalue weighted by molar-refractivity contribution is 6.05. The minimum atomic E-state index is -0.604. The molecular formula is C20H26FN3O. The Balaban J connectivity index is 1.84. The zero-order valence-electron chi connectivity index (χ0n) is 15.2. The van der Waals surface area contributed by atoms with Crippen LogP contribution in [-0.2, 0) is 7.05 Å². The third-order valence-corrected chi connectivity index (χ3v) is 5.44. The fourth-order valence-corrected chi connectivity index (χ4v) is 3.97. The maximum absolute atomic E-state index is 14.2. The number of carbonyl (C=O) groups excluding carboxylic acids is 1. The predicted octanol–water partition coefficient (Wildman–Crippen LogP) is 4.80. The first-order chi connectivity index (χ1) is 12.0. The number of amides is 1. The van der Waals surface area contributed by atoms with Gasteiger partial charge in [-0.1, -0.05) is 44.4 Å². The van der Waals surface area contributed by atoms with E-state index in [-0.39, 0.29) is 5.56 Å². The van der Waals surface area contributed by atoms with Crippen molar-refractivity contribution in [2.75, 3.05) is 5.32 Å². The van der Waals surface area contributed by atoms with Crippen LogP contribution < -0.4 is 5.32 Å². The number of aromatic nitrogens is 2. The van der Waals surface area contributed by atoms with Crippen molar-refractivity contribution in [3.8, 4) is 0 Å². The first kappa shape index (κ1) is 17.6. The minimum Gasteiger partial charge on any atom is -0.322 e. The Kier molecular flexibility index (Phi) is 5.21. The summed E-state index contributed by atoms with van der Waals surface area (Å²) in [5.41, 5.74) is 2.32. The molecular weight excluding hydrogens is 317 g/mol. The Labute approximate surface area is 148 Å². The van der Waals surface area contributed by atoms with E-state index in [0.717, 1.165) is 15.9 Å². The standard InChI is InChI=1S/C20H26FN3O/c1-13(15-9-5-4-6-10-15)16-11-7-8-12-17(16)22-20(25)18-14(2)23-24(3)19(18)21/h7-8,11-13,15H,4-6,9-10H2,1-3H3,(H,22,25). The highest BCUT2D eigenvalue weighted by Crippen LogP contribution is 2.38. The molecule has 2 aromatic rings. The van der Waals surface area contributed by atoms with Gasteiger partial charge in [0.15, 0.2) is 0 Å². The molecule has 4 nitrogen and oxygen atoms in total. The lowest BCUT2D eigenvalue weighted by atomic mass is 9.77. The normalized spacial score (nSPS) is 16.6. The summed E-state index contributed by atoms with van der Waals surface area (Å²) < 4.78 is 15.3. The first-order valence-corrected chi connectivity index (χ1v) is 9.08. The van der Waals surface area contributed by atoms with Crippen LogP contribution in [0.4, 0.5) is 10.1 Å². The summed E-state index contributed by atoms with van der Waals surface area (Å²) in [4.78, 5) is 12.6. The highest BCUT2D eigenvalue weighted by Gasteiger charge is 2.25. The van der Waals surface area contributed by atoms with Gasteiger partial charge in [0.05, 0.1) is 5.69 Å². The highest BCUT2D eigenvalue weighted by atomic mass is 19.1. The molecule has 0 bridgehead atoms. The summed E-state index contributed by atoms with van der Waals surface area (Å²) in [7, 11) is 1.50. The molecule has 1 N–H and O–H groups in total. The summed E-state index contributed by atoms with van der Waals surface area (Å²) in [6, 6.07) is 7.87. The molecule has 134 valence electrons. The summed E-state index contributed by atoms with van der Waals surface area (Å²) >= 11 is 0. The molecule has 25 heavy (non-hydrogen) atoms. The molecule has 3 rings (SSSR count). The number of para-hydroxylation sites is 1. The molecule has 1 heterocycles. The summed E-state index contributed by atoms with van der Waals surface area (Å²) in [5.74, 6) is -0.0282. The molecule has 1 aliphatic rings. The van der Waals surface area contributed by atoms with E-state index in [1.807, 2.05) is 18.2 Å². The zero-order valence-corrected chi connectivity index (χ0v) is 15.2. The fourth-order valence-electron chi connectivity index (χ4n) is 3.97. The van der Waals surface area contributed by atoms with Crippen LogP contribution in [0, 0.1) is 18.8 Å². The summed E-state index contributed by atoms with van der Waals surface area (Å²) in [6.45, 7) is 3.88. The van der Waals surface area contributed by atoms with Gasteiger partial charge >= 0.3 is 0 Å². The summed E-state index contributed by atoms with van der Waals surface area (Å²) in [5, 5.41) is 6.89. The second-order valence-corrected chi connectivity index (χ2v) is 7.10. The molecule has 0 radical (unpaired) electrons. The molecule has 0 aliphatic heterocycles. The maximum Gasteiger partial charge on any atom is 0.262 e. The lowest BCUT2D eigenvalue weighted by molar-refractivity contribution is 0.102. The van der Waals surface area contributed by atoms with E-state index in [0.29, 0.717) is 17.5 Å². The number of rotatable bonds is 4. The van der Waals surface area contributed by atoms with Gasteiger partial charge in [-0.25, -0.2) is 4.68 Å². The first-order valence-electron chi connectivity index (χ1n) is 9.08. The largest absolute Gasteiger partial charge is 0.322 e. The summed E-state index contributed by atoms with van der Waals surface area (Å²) in [6.07, 6.45) is 6.36. The quantitative estimate of drug-likeness (QED) is 0.866. The molecule has 1 atom stereocenters. The van der Waals surface area contributed by atoms with Crippen LogP contribution >= 0.6 is 0 Å². The smallest absolute Gasteiger partial charge is 0.262 e. The van der Waals surface area contributed by atoms with E-state index in [1.54, 1.807) is 6.92 Å². The van der Waals surface area contributed by atoms with Crippen molar-refractivity contribution in [2.45, 2.75) is 51.9 Å². The molecule has 1 saturated carbocycles. The Bertz CT molecular complexity index is 762. The number of halogens is 1. The SMILES string of the molecule is Cc1nn(C)c(F)c1C(=O)Nc1ccccc1C(C)C1CCCCC1. The van der Waals surface area contributed by atoms with E-state index in [9.17, 15) is 9.18 Å². The Morgan fingerprint density at radius 1 is 1.28 bits per heavy atom. The third-order valence-electron chi connectivity index (χ3n) is 5.44. The van der Waals surface area contributed by atoms with E-state index >= 15 is 0 Å². The van der Waals surface area contributed by atoms with Crippen LogP contribution in [0.15, 0.2) is 24.3 Å². The molecule has 1 amide bonds. The lowest BCUT2D eigenvalue weighted by Gasteiger charge is -2.29. The monoisotopic (exact) mass is 343 g/mol. The third kappa shape index (κ3) is 3.60. The maximum atomic E-state index is 14.2. The molecule has 5 heteroatoms. The topological polar surface area (TPSA) is 46.9 Å². The van der Waals surface area contributed by atoms with Gasteiger partial charge in [-0.05, 0) is 43.2 Å². The van der Waals surface area contributed by atoms with E-state index in [2.05, 4.69) is 23.4 Å². The number of carbonyl (C=O) groups is 1. The number of benzene rings is 1. The van der Waals surface area contributed by atoms with Gasteiger partial charge in [0.25, 0.3) is 5.91 Å². The van der Waals surface area contributed by atoms with Gasteiger partial charge in [0.2, 0.25) is 5.95 Å². The lowest BCUT2D eigenvalue weighted by Crippen LogP contribution is -2.19. The Morgan fingerprint density at radius 3 is 2.60 bits per heavy atom. The number of anilines is 1. The van der Waals surface area contributed by atoms with Crippen molar-refractivity contribution in [1.82, 2.24) is 9.78 Å². The average Bonchev–Trinajstić information content (AvgIpc) is 2.87. The molecule has 0 saturated heterocycles. The van der Waals surface area contributed by atoms with Gasteiger partial charge < -0.3 is 5.32 Å². The minimum absolute atomic E-state index is 0.0163. The number of nitrogens with zero attached hydrogens (tertiary/aromatic N) is 2. The predicted molar refractivity (Wildman–Crippen MR) is 97.3 cm³/mol. The Morgan fingerprint density at radius 2 is 1.96 bits per heavy atom. The van der Waals surface area contributed by atoms with Gasteiger partial charge in [-0.15, -0.1) is 0 Å². The van der Waals surface area contributed by atoms with Crippen molar-refractivity contribution in [1.29, 1.82) is 0 Å². The van der Waals surface area contributed by atoms with Crippen molar-refractivity contribution in [3.05, 3.63) is 47.0 Å². The van der Waals surface area contributed by atoms with Crippen LogP contribution in [0.5, 0.6) is 0 Å². The Hall–Kier alpha value is -2.17. The molecule has 1 unspecified atom stereocenters. The van der Waals surface area contributed by atoms with Crippen LogP contribution in [0.1, 0.15) is 66.6 Å². The van der Waals surface area contributed by atoms with Crippen LogP contribution in [0.3, 0.4) is 0 Å². The van der Waals surface area contributed by atoms with Crippen LogP contribution in [0.2, 0.25) is 0 Å². The van der Waals surface area contributed by atoms with Crippen LogP contribution in [0.25, 0.3) is 0 Å². The van der Waals surface area contributed by atoms with Gasteiger partial charge in [0, 0.05) is 12.7 Å². The van der Waals surface area contributed by atoms with E-state index < -0.39 is 11.9 Å². The second kappa shape index (κ2) is 7.38. The molecule has 0 spiro atoms. The molecule has 1 fully saturated rings. The second-order valence-electron chi connectivity index (χ2n) is 7.10. The fraction of sp³-hybridized carbons (Fsp3) is 0.500. The van der Waals surface area contributed by atoms with Crippen molar-refractivity contribution < 1.29 is 9.18 Å².